The van der Waals surface area contributed by atoms with Gasteiger partial charge >= 0.3 is 0 Å². The first-order valence-electron chi connectivity index (χ1n) is 4.82. The molecule has 1 atom stereocenters. The van der Waals surface area contributed by atoms with Gasteiger partial charge in [0.1, 0.15) is 0 Å². The molecule has 0 bridgehead atoms. The third-order valence-electron chi connectivity index (χ3n) is 2.32. The molecule has 82 valence electrons. The van der Waals surface area contributed by atoms with Crippen LogP contribution in [-0.2, 0) is 0 Å². The van der Waals surface area contributed by atoms with E-state index in [0.29, 0.717) is 0 Å². The van der Waals surface area contributed by atoms with Crippen molar-refractivity contribution in [3.05, 3.63) is 67.7 Å². The zero-order chi connectivity index (χ0) is 11.5. The summed E-state index contributed by atoms with van der Waals surface area (Å²) in [5.74, 6) is 0. The molecular weight excluding hydrogens is 443 g/mol. The van der Waals surface area contributed by atoms with Gasteiger partial charge in [0.15, 0.2) is 0 Å². The molecule has 16 heavy (non-hydrogen) atoms. The fourth-order valence-electron chi connectivity index (χ4n) is 1.51. The molecule has 0 aliphatic rings. The van der Waals surface area contributed by atoms with E-state index in [0.717, 1.165) is 4.47 Å². The van der Waals surface area contributed by atoms with Gasteiger partial charge in [0, 0.05) is 8.04 Å². The fourth-order valence-corrected chi connectivity index (χ4v) is 3.65. The maximum absolute atomic E-state index is 3.75. The highest BCUT2D eigenvalue weighted by atomic mass is 127. The van der Waals surface area contributed by atoms with Crippen molar-refractivity contribution in [3.63, 3.8) is 0 Å². The molecule has 0 saturated heterocycles. The minimum Gasteiger partial charge on any atom is -0.0786 e. The molecule has 0 heterocycles. The molecule has 2 aromatic rings. The Morgan fingerprint density at radius 1 is 1.00 bits per heavy atom. The first-order chi connectivity index (χ1) is 7.68. The number of alkyl halides is 1. The molecule has 0 fully saturated rings. The molecule has 0 aliphatic carbocycles. The second-order valence-electron chi connectivity index (χ2n) is 3.44. The Hall–Kier alpha value is 0.130. The SMILES string of the molecule is Brc1ccc(I)c(C(Br)c2ccccc2)c1. The van der Waals surface area contributed by atoms with Crippen LogP contribution in [0.4, 0.5) is 0 Å². The standard InChI is InChI=1S/C13H9Br2I/c14-10-6-7-12(16)11(8-10)13(15)9-4-2-1-3-5-9/h1-8,13H. The van der Waals surface area contributed by atoms with E-state index >= 15 is 0 Å². The summed E-state index contributed by atoms with van der Waals surface area (Å²) >= 11 is 9.63. The van der Waals surface area contributed by atoms with Gasteiger partial charge in [-0.2, -0.15) is 0 Å². The van der Waals surface area contributed by atoms with Gasteiger partial charge in [0.25, 0.3) is 0 Å². The summed E-state index contributed by atoms with van der Waals surface area (Å²) in [4.78, 5) is 0.248. The van der Waals surface area contributed by atoms with Gasteiger partial charge in [-0.05, 0) is 51.9 Å². The van der Waals surface area contributed by atoms with E-state index in [1.54, 1.807) is 0 Å². The summed E-state index contributed by atoms with van der Waals surface area (Å²) < 4.78 is 2.38. The van der Waals surface area contributed by atoms with Crippen LogP contribution in [0.2, 0.25) is 0 Å². The summed E-state index contributed by atoms with van der Waals surface area (Å²) in [6, 6.07) is 16.8. The normalized spacial score (nSPS) is 12.4. The van der Waals surface area contributed by atoms with E-state index in [-0.39, 0.29) is 4.83 Å². The average molecular weight is 452 g/mol. The van der Waals surface area contributed by atoms with Crippen LogP contribution in [0.15, 0.2) is 53.0 Å². The van der Waals surface area contributed by atoms with E-state index in [2.05, 4.69) is 96.9 Å². The molecule has 0 spiro atoms. The second-order valence-corrected chi connectivity index (χ2v) is 6.43. The van der Waals surface area contributed by atoms with E-state index in [1.807, 2.05) is 6.07 Å². The number of halogens is 3. The first-order valence-corrected chi connectivity index (χ1v) is 7.61. The number of benzene rings is 2. The molecular formula is C13H9Br2I. The summed E-state index contributed by atoms with van der Waals surface area (Å²) in [6.07, 6.45) is 0. The third-order valence-corrected chi connectivity index (χ3v) is 4.82. The van der Waals surface area contributed by atoms with Crippen molar-refractivity contribution in [1.82, 2.24) is 0 Å². The van der Waals surface area contributed by atoms with E-state index < -0.39 is 0 Å². The Kier molecular flexibility index (Phi) is 4.44. The van der Waals surface area contributed by atoms with Crippen LogP contribution >= 0.6 is 54.5 Å². The molecule has 3 heteroatoms. The van der Waals surface area contributed by atoms with Gasteiger partial charge in [0.05, 0.1) is 4.83 Å². The van der Waals surface area contributed by atoms with Gasteiger partial charge in [-0.1, -0.05) is 62.2 Å². The largest absolute Gasteiger partial charge is 0.0786 e. The average Bonchev–Trinajstić information content (AvgIpc) is 2.32. The van der Waals surface area contributed by atoms with Gasteiger partial charge in [-0.25, -0.2) is 0 Å². The molecule has 2 rings (SSSR count). The van der Waals surface area contributed by atoms with Crippen LogP contribution in [0.3, 0.4) is 0 Å². The maximum Gasteiger partial charge on any atom is 0.0655 e. The van der Waals surface area contributed by atoms with Gasteiger partial charge in [-0.3, -0.25) is 0 Å². The lowest BCUT2D eigenvalue weighted by Crippen LogP contribution is -1.95. The van der Waals surface area contributed by atoms with Crippen LogP contribution in [0.25, 0.3) is 0 Å². The molecule has 2 aromatic carbocycles. The van der Waals surface area contributed by atoms with Crippen molar-refractivity contribution in [1.29, 1.82) is 0 Å². The van der Waals surface area contributed by atoms with Crippen molar-refractivity contribution in [2.24, 2.45) is 0 Å². The molecule has 0 aromatic heterocycles. The Labute approximate surface area is 126 Å². The van der Waals surface area contributed by atoms with Crippen molar-refractivity contribution >= 4 is 54.5 Å². The highest BCUT2D eigenvalue weighted by Crippen LogP contribution is 2.34. The van der Waals surface area contributed by atoms with Crippen molar-refractivity contribution in [3.8, 4) is 0 Å². The van der Waals surface area contributed by atoms with Gasteiger partial charge in [-0.15, -0.1) is 0 Å². The van der Waals surface area contributed by atoms with Crippen LogP contribution in [0.5, 0.6) is 0 Å². The smallest absolute Gasteiger partial charge is 0.0655 e. The highest BCUT2D eigenvalue weighted by Gasteiger charge is 2.13. The molecule has 0 radical (unpaired) electrons. The second kappa shape index (κ2) is 5.65. The Morgan fingerprint density at radius 2 is 1.69 bits per heavy atom. The fraction of sp³-hybridized carbons (Fsp3) is 0.0769. The third kappa shape index (κ3) is 2.87. The highest BCUT2D eigenvalue weighted by molar-refractivity contribution is 14.1. The lowest BCUT2D eigenvalue weighted by Gasteiger charge is -2.13. The van der Waals surface area contributed by atoms with Crippen LogP contribution in [-0.4, -0.2) is 0 Å². The summed E-state index contributed by atoms with van der Waals surface area (Å²) in [7, 11) is 0. The minimum absolute atomic E-state index is 0.248. The van der Waals surface area contributed by atoms with Crippen molar-refractivity contribution in [2.45, 2.75) is 4.83 Å². The van der Waals surface area contributed by atoms with Crippen LogP contribution in [0, 0.1) is 3.57 Å². The Bertz CT molecular complexity index is 483. The quantitative estimate of drug-likeness (QED) is 0.415. The predicted octanol–water partition coefficient (Wildman–Crippen LogP) is 5.54. The number of hydrogen-bond acceptors (Lipinski definition) is 0. The van der Waals surface area contributed by atoms with Gasteiger partial charge < -0.3 is 0 Å². The van der Waals surface area contributed by atoms with Crippen LogP contribution in [0.1, 0.15) is 16.0 Å². The maximum atomic E-state index is 3.75. The Morgan fingerprint density at radius 3 is 2.38 bits per heavy atom. The predicted molar refractivity (Wildman–Crippen MR) is 84.1 cm³/mol. The van der Waals surface area contributed by atoms with E-state index in [4.69, 9.17) is 0 Å². The topological polar surface area (TPSA) is 0 Å². The summed E-state index contributed by atoms with van der Waals surface area (Å²) in [5, 5.41) is 0. The van der Waals surface area contributed by atoms with Crippen molar-refractivity contribution in [2.75, 3.05) is 0 Å². The molecule has 1 unspecified atom stereocenters. The summed E-state index contributed by atoms with van der Waals surface area (Å²) in [5.41, 5.74) is 2.57. The lowest BCUT2D eigenvalue weighted by molar-refractivity contribution is 1.16. The molecule has 0 saturated carbocycles. The zero-order valence-corrected chi connectivity index (χ0v) is 13.7. The van der Waals surface area contributed by atoms with Crippen molar-refractivity contribution < 1.29 is 0 Å². The monoisotopic (exact) mass is 450 g/mol. The van der Waals surface area contributed by atoms with Gasteiger partial charge in [0.2, 0.25) is 0 Å². The summed E-state index contributed by atoms with van der Waals surface area (Å²) in [6.45, 7) is 0. The number of rotatable bonds is 2. The zero-order valence-electron chi connectivity index (χ0n) is 8.33. The molecule has 0 nitrogen and oxygen atoms in total. The first kappa shape index (κ1) is 12.6. The molecule has 0 aliphatic heterocycles. The number of hydrogen-bond donors (Lipinski definition) is 0. The van der Waals surface area contributed by atoms with Crippen LogP contribution < -0.4 is 0 Å². The lowest BCUT2D eigenvalue weighted by atomic mass is 10.1. The molecule has 0 N–H and O–H groups in total. The minimum atomic E-state index is 0.248. The molecule has 0 amide bonds. The van der Waals surface area contributed by atoms with E-state index in [9.17, 15) is 0 Å². The Balaban J connectivity index is 2.41. The van der Waals surface area contributed by atoms with E-state index in [1.165, 1.54) is 14.7 Å².